The number of anilines is 2. The SMILES string of the molecule is CCN1CCN(c2ccc(Cl)cc2NC(=O)Cc2ccc(Br)cc2)CC1. The predicted octanol–water partition coefficient (Wildman–Crippen LogP) is 4.43. The normalized spacial score (nSPS) is 15.1. The number of hydrogen-bond acceptors (Lipinski definition) is 3. The van der Waals surface area contributed by atoms with Gasteiger partial charge in [-0.15, -0.1) is 0 Å². The van der Waals surface area contributed by atoms with Gasteiger partial charge in [0.2, 0.25) is 5.91 Å². The molecular weight excluding hydrogens is 414 g/mol. The Balaban J connectivity index is 1.71. The van der Waals surface area contributed by atoms with Gasteiger partial charge in [-0.1, -0.05) is 46.6 Å². The van der Waals surface area contributed by atoms with Gasteiger partial charge in [-0.05, 0) is 42.4 Å². The minimum atomic E-state index is -0.0389. The third kappa shape index (κ3) is 5.00. The summed E-state index contributed by atoms with van der Waals surface area (Å²) in [5, 5.41) is 3.67. The minimum Gasteiger partial charge on any atom is -0.367 e. The Kier molecular flexibility index (Phi) is 6.57. The van der Waals surface area contributed by atoms with Crippen molar-refractivity contribution in [2.24, 2.45) is 0 Å². The Bertz CT molecular complexity index is 758. The molecule has 2 aromatic carbocycles. The number of carbonyl (C=O) groups excluding carboxylic acids is 1. The van der Waals surface area contributed by atoms with Crippen LogP contribution in [0.3, 0.4) is 0 Å². The average Bonchev–Trinajstić information content (AvgIpc) is 2.64. The number of amides is 1. The molecule has 1 aliphatic rings. The summed E-state index contributed by atoms with van der Waals surface area (Å²) in [5.41, 5.74) is 2.80. The first-order chi connectivity index (χ1) is 12.5. The summed E-state index contributed by atoms with van der Waals surface area (Å²) in [6.45, 7) is 7.23. The number of benzene rings is 2. The summed E-state index contributed by atoms with van der Waals surface area (Å²) in [5.74, 6) is -0.0389. The molecule has 0 saturated carbocycles. The molecule has 6 heteroatoms. The maximum atomic E-state index is 12.5. The van der Waals surface area contributed by atoms with Gasteiger partial charge in [-0.2, -0.15) is 0 Å². The lowest BCUT2D eigenvalue weighted by molar-refractivity contribution is -0.115. The quantitative estimate of drug-likeness (QED) is 0.753. The highest BCUT2D eigenvalue weighted by atomic mass is 79.9. The second-order valence-electron chi connectivity index (χ2n) is 6.43. The minimum absolute atomic E-state index is 0.0389. The molecule has 3 rings (SSSR count). The van der Waals surface area contributed by atoms with Crippen LogP contribution in [0.25, 0.3) is 0 Å². The number of nitrogens with one attached hydrogen (secondary N) is 1. The van der Waals surface area contributed by atoms with E-state index in [2.05, 4.69) is 38.0 Å². The Hall–Kier alpha value is -1.56. The van der Waals surface area contributed by atoms with E-state index >= 15 is 0 Å². The van der Waals surface area contributed by atoms with Crippen LogP contribution in [-0.2, 0) is 11.2 Å². The summed E-state index contributed by atoms with van der Waals surface area (Å²) in [4.78, 5) is 17.3. The number of carbonyl (C=O) groups is 1. The van der Waals surface area contributed by atoms with E-state index in [0.717, 1.165) is 54.1 Å². The molecule has 138 valence electrons. The average molecular weight is 437 g/mol. The summed E-state index contributed by atoms with van der Waals surface area (Å²) in [7, 11) is 0. The number of hydrogen-bond donors (Lipinski definition) is 1. The maximum Gasteiger partial charge on any atom is 0.228 e. The first-order valence-electron chi connectivity index (χ1n) is 8.86. The number of nitrogens with zero attached hydrogens (tertiary/aromatic N) is 2. The van der Waals surface area contributed by atoms with Gasteiger partial charge < -0.3 is 15.1 Å². The largest absolute Gasteiger partial charge is 0.367 e. The topological polar surface area (TPSA) is 35.6 Å². The molecule has 0 spiro atoms. The molecule has 0 radical (unpaired) electrons. The summed E-state index contributed by atoms with van der Waals surface area (Å²) < 4.78 is 1.00. The van der Waals surface area contributed by atoms with E-state index in [1.807, 2.05) is 42.5 Å². The molecule has 26 heavy (non-hydrogen) atoms. The summed E-state index contributed by atoms with van der Waals surface area (Å²) >= 11 is 9.59. The van der Waals surface area contributed by atoms with Crippen LogP contribution in [0.5, 0.6) is 0 Å². The third-order valence-electron chi connectivity index (χ3n) is 4.67. The van der Waals surface area contributed by atoms with Crippen molar-refractivity contribution in [3.05, 3.63) is 57.5 Å². The van der Waals surface area contributed by atoms with E-state index < -0.39 is 0 Å². The van der Waals surface area contributed by atoms with Gasteiger partial charge in [0.15, 0.2) is 0 Å². The lowest BCUT2D eigenvalue weighted by Crippen LogP contribution is -2.46. The molecule has 0 aromatic heterocycles. The first-order valence-corrected chi connectivity index (χ1v) is 10.0. The molecule has 2 aromatic rings. The van der Waals surface area contributed by atoms with Crippen molar-refractivity contribution in [3.63, 3.8) is 0 Å². The van der Waals surface area contributed by atoms with E-state index in [-0.39, 0.29) is 5.91 Å². The van der Waals surface area contributed by atoms with Gasteiger partial charge in [0.1, 0.15) is 0 Å². The zero-order chi connectivity index (χ0) is 18.5. The Labute approximate surface area is 168 Å². The van der Waals surface area contributed by atoms with Gasteiger partial charge in [-0.25, -0.2) is 0 Å². The monoisotopic (exact) mass is 435 g/mol. The van der Waals surface area contributed by atoms with Gasteiger partial charge in [0, 0.05) is 35.7 Å². The van der Waals surface area contributed by atoms with Crippen molar-refractivity contribution >= 4 is 44.8 Å². The number of likely N-dealkylation sites (N-methyl/N-ethyl adjacent to an activating group) is 1. The Morgan fingerprint density at radius 3 is 2.46 bits per heavy atom. The number of piperazine rings is 1. The van der Waals surface area contributed by atoms with E-state index in [1.165, 1.54) is 0 Å². The van der Waals surface area contributed by atoms with Crippen molar-refractivity contribution in [1.29, 1.82) is 0 Å². The highest BCUT2D eigenvalue weighted by Crippen LogP contribution is 2.30. The first kappa shape index (κ1) is 19.2. The van der Waals surface area contributed by atoms with Crippen molar-refractivity contribution in [2.75, 3.05) is 42.9 Å². The highest BCUT2D eigenvalue weighted by Gasteiger charge is 2.19. The second kappa shape index (κ2) is 8.89. The standard InChI is InChI=1S/C20H23BrClN3O/c1-2-24-9-11-25(12-10-24)19-8-7-17(22)14-18(19)23-20(26)13-15-3-5-16(21)6-4-15/h3-8,14H,2,9-13H2,1H3,(H,23,26). The molecule has 4 nitrogen and oxygen atoms in total. The molecule has 1 saturated heterocycles. The van der Waals surface area contributed by atoms with Gasteiger partial charge >= 0.3 is 0 Å². The zero-order valence-electron chi connectivity index (χ0n) is 14.8. The lowest BCUT2D eigenvalue weighted by atomic mass is 10.1. The number of rotatable bonds is 5. The van der Waals surface area contributed by atoms with E-state index in [0.29, 0.717) is 11.4 Å². The molecule has 0 atom stereocenters. The van der Waals surface area contributed by atoms with Crippen molar-refractivity contribution in [2.45, 2.75) is 13.3 Å². The number of halogens is 2. The molecular formula is C20H23BrClN3O. The molecule has 1 fully saturated rings. The fraction of sp³-hybridized carbons (Fsp3) is 0.350. The van der Waals surface area contributed by atoms with Crippen LogP contribution in [0.1, 0.15) is 12.5 Å². The molecule has 0 bridgehead atoms. The van der Waals surface area contributed by atoms with Crippen LogP contribution in [0.15, 0.2) is 46.9 Å². The Morgan fingerprint density at radius 2 is 1.81 bits per heavy atom. The highest BCUT2D eigenvalue weighted by molar-refractivity contribution is 9.10. The van der Waals surface area contributed by atoms with Crippen molar-refractivity contribution in [3.8, 4) is 0 Å². The summed E-state index contributed by atoms with van der Waals surface area (Å²) in [6.07, 6.45) is 0.336. The van der Waals surface area contributed by atoms with Gasteiger partial charge in [0.25, 0.3) is 0 Å². The van der Waals surface area contributed by atoms with Crippen LogP contribution in [-0.4, -0.2) is 43.5 Å². The summed E-state index contributed by atoms with van der Waals surface area (Å²) in [6, 6.07) is 13.5. The van der Waals surface area contributed by atoms with Crippen LogP contribution in [0.2, 0.25) is 5.02 Å². The molecule has 1 aliphatic heterocycles. The second-order valence-corrected chi connectivity index (χ2v) is 7.79. The maximum absolute atomic E-state index is 12.5. The van der Waals surface area contributed by atoms with E-state index in [9.17, 15) is 4.79 Å². The van der Waals surface area contributed by atoms with Gasteiger partial charge in [0.05, 0.1) is 17.8 Å². The van der Waals surface area contributed by atoms with Crippen LogP contribution < -0.4 is 10.2 Å². The Morgan fingerprint density at radius 1 is 1.12 bits per heavy atom. The smallest absolute Gasteiger partial charge is 0.228 e. The van der Waals surface area contributed by atoms with Gasteiger partial charge in [-0.3, -0.25) is 4.79 Å². The lowest BCUT2D eigenvalue weighted by Gasteiger charge is -2.36. The fourth-order valence-electron chi connectivity index (χ4n) is 3.17. The zero-order valence-corrected chi connectivity index (χ0v) is 17.2. The van der Waals surface area contributed by atoms with E-state index in [1.54, 1.807) is 0 Å². The van der Waals surface area contributed by atoms with Crippen LogP contribution in [0.4, 0.5) is 11.4 Å². The van der Waals surface area contributed by atoms with E-state index in [4.69, 9.17) is 11.6 Å². The molecule has 1 amide bonds. The molecule has 0 unspecified atom stereocenters. The molecule has 0 aliphatic carbocycles. The predicted molar refractivity (Wildman–Crippen MR) is 112 cm³/mol. The van der Waals surface area contributed by atoms with Crippen molar-refractivity contribution < 1.29 is 4.79 Å². The van der Waals surface area contributed by atoms with Crippen molar-refractivity contribution in [1.82, 2.24) is 4.90 Å². The third-order valence-corrected chi connectivity index (χ3v) is 5.43. The van der Waals surface area contributed by atoms with Crippen LogP contribution in [0, 0.1) is 0 Å². The van der Waals surface area contributed by atoms with Crippen LogP contribution >= 0.6 is 27.5 Å². The fourth-order valence-corrected chi connectivity index (χ4v) is 3.61. The molecule has 1 N–H and O–H groups in total. The molecule has 1 heterocycles.